The Hall–Kier alpha value is -2.57. The fourth-order valence-corrected chi connectivity index (χ4v) is 2.17. The molecule has 1 N–H and O–H groups in total. The zero-order valence-corrected chi connectivity index (χ0v) is 11.4. The summed E-state index contributed by atoms with van der Waals surface area (Å²) >= 11 is 0. The molecule has 1 aliphatic heterocycles. The van der Waals surface area contributed by atoms with Gasteiger partial charge in [0.1, 0.15) is 35.2 Å². The number of benzene rings is 1. The number of hydrogen-bond acceptors (Lipinski definition) is 5. The minimum Gasteiger partial charge on any atom is -0.489 e. The molecule has 0 aliphatic carbocycles. The second-order valence-electron chi connectivity index (χ2n) is 4.43. The molecule has 0 saturated carbocycles. The summed E-state index contributed by atoms with van der Waals surface area (Å²) in [4.78, 5) is 11.9. The molecule has 3 rings (SSSR count). The van der Waals surface area contributed by atoms with Gasteiger partial charge in [-0.25, -0.2) is 13.9 Å². The van der Waals surface area contributed by atoms with Gasteiger partial charge in [0, 0.05) is 6.07 Å². The van der Waals surface area contributed by atoms with E-state index in [2.05, 4.69) is 10.4 Å². The first-order chi connectivity index (χ1) is 10.2. The van der Waals surface area contributed by atoms with Crippen LogP contribution >= 0.6 is 0 Å². The lowest BCUT2D eigenvalue weighted by atomic mass is 10.2. The summed E-state index contributed by atoms with van der Waals surface area (Å²) in [6.07, 6.45) is 1.43. The molecule has 2 heterocycles. The van der Waals surface area contributed by atoms with Crippen molar-refractivity contribution < 1.29 is 18.7 Å². The maximum atomic E-state index is 13.3. The Kier molecular flexibility index (Phi) is 3.47. The van der Waals surface area contributed by atoms with E-state index in [1.54, 1.807) is 13.0 Å². The fraction of sp³-hybridized carbons (Fsp3) is 0.286. The van der Waals surface area contributed by atoms with Crippen LogP contribution in [0.25, 0.3) is 5.69 Å². The Labute approximate surface area is 120 Å². The molecule has 2 aromatic rings. The van der Waals surface area contributed by atoms with Crippen LogP contribution in [-0.4, -0.2) is 35.5 Å². The van der Waals surface area contributed by atoms with E-state index in [4.69, 9.17) is 9.47 Å². The summed E-state index contributed by atoms with van der Waals surface area (Å²) < 4.78 is 25.4. The highest BCUT2D eigenvalue weighted by molar-refractivity contribution is 5.95. The van der Waals surface area contributed by atoms with Crippen LogP contribution in [0.1, 0.15) is 17.3 Å². The second kappa shape index (κ2) is 5.43. The lowest BCUT2D eigenvalue weighted by Gasteiger charge is -2.19. The molecular formula is C14H14FN3O3. The van der Waals surface area contributed by atoms with Gasteiger partial charge in [0.25, 0.3) is 0 Å². The Morgan fingerprint density at radius 2 is 2.43 bits per heavy atom. The van der Waals surface area contributed by atoms with E-state index in [1.807, 2.05) is 0 Å². The van der Waals surface area contributed by atoms with Gasteiger partial charge >= 0.3 is 5.97 Å². The van der Waals surface area contributed by atoms with Crippen molar-refractivity contribution in [2.24, 2.45) is 0 Å². The number of carbonyl (C=O) groups excluding carboxylic acids is 1. The van der Waals surface area contributed by atoms with Crippen molar-refractivity contribution in [1.29, 1.82) is 0 Å². The van der Waals surface area contributed by atoms with Gasteiger partial charge in [0.2, 0.25) is 0 Å². The van der Waals surface area contributed by atoms with Crippen molar-refractivity contribution in [3.63, 3.8) is 0 Å². The SMILES string of the molecule is CCOC(=O)c1cnn2c1NCCOc1cc(F)ccc1-2. The van der Waals surface area contributed by atoms with Crippen LogP contribution in [0.2, 0.25) is 0 Å². The van der Waals surface area contributed by atoms with Gasteiger partial charge in [-0.2, -0.15) is 5.10 Å². The first kappa shape index (κ1) is 13.4. The average Bonchev–Trinajstić information content (AvgIpc) is 2.85. The third-order valence-corrected chi connectivity index (χ3v) is 3.07. The number of halogens is 1. The van der Waals surface area contributed by atoms with Crippen LogP contribution in [0.5, 0.6) is 5.75 Å². The molecule has 0 unspecified atom stereocenters. The minimum atomic E-state index is -0.448. The number of nitrogens with zero attached hydrogens (tertiary/aromatic N) is 2. The van der Waals surface area contributed by atoms with Crippen LogP contribution in [0.15, 0.2) is 24.4 Å². The highest BCUT2D eigenvalue weighted by atomic mass is 19.1. The lowest BCUT2D eigenvalue weighted by molar-refractivity contribution is 0.0527. The van der Waals surface area contributed by atoms with Gasteiger partial charge in [0.15, 0.2) is 0 Å². The third kappa shape index (κ3) is 2.42. The molecule has 1 aromatic heterocycles. The summed E-state index contributed by atoms with van der Waals surface area (Å²) in [6.45, 7) is 2.84. The molecule has 0 radical (unpaired) electrons. The Bertz CT molecular complexity index is 684. The topological polar surface area (TPSA) is 65.4 Å². The molecule has 1 aliphatic rings. The fourth-order valence-electron chi connectivity index (χ4n) is 2.17. The zero-order valence-electron chi connectivity index (χ0n) is 11.4. The van der Waals surface area contributed by atoms with Gasteiger partial charge in [0.05, 0.1) is 19.3 Å². The highest BCUT2D eigenvalue weighted by Crippen LogP contribution is 2.30. The molecule has 0 amide bonds. The molecule has 110 valence electrons. The number of nitrogens with one attached hydrogen (secondary N) is 1. The van der Waals surface area contributed by atoms with Gasteiger partial charge in [-0.1, -0.05) is 0 Å². The van der Waals surface area contributed by atoms with Crippen molar-refractivity contribution in [3.05, 3.63) is 35.8 Å². The van der Waals surface area contributed by atoms with Crippen LogP contribution in [0.4, 0.5) is 10.2 Å². The van der Waals surface area contributed by atoms with Gasteiger partial charge in [-0.05, 0) is 19.1 Å². The van der Waals surface area contributed by atoms with E-state index in [0.717, 1.165) is 0 Å². The summed E-state index contributed by atoms with van der Waals surface area (Å²) in [5.41, 5.74) is 0.906. The van der Waals surface area contributed by atoms with Gasteiger partial charge in [-0.3, -0.25) is 0 Å². The molecule has 0 atom stereocenters. The van der Waals surface area contributed by atoms with Gasteiger partial charge < -0.3 is 14.8 Å². The molecule has 6 nitrogen and oxygen atoms in total. The number of rotatable bonds is 2. The molecule has 7 heteroatoms. The summed E-state index contributed by atoms with van der Waals surface area (Å²) in [5, 5.41) is 7.27. The molecule has 0 spiro atoms. The van der Waals surface area contributed by atoms with Crippen molar-refractivity contribution in [3.8, 4) is 11.4 Å². The first-order valence-corrected chi connectivity index (χ1v) is 6.62. The quantitative estimate of drug-likeness (QED) is 0.857. The Morgan fingerprint density at radius 1 is 1.57 bits per heavy atom. The third-order valence-electron chi connectivity index (χ3n) is 3.07. The molecule has 1 aromatic carbocycles. The van der Waals surface area contributed by atoms with Crippen molar-refractivity contribution in [1.82, 2.24) is 9.78 Å². The highest BCUT2D eigenvalue weighted by Gasteiger charge is 2.22. The number of aromatic nitrogens is 2. The maximum absolute atomic E-state index is 13.3. The Morgan fingerprint density at radius 3 is 3.24 bits per heavy atom. The predicted molar refractivity (Wildman–Crippen MR) is 73.5 cm³/mol. The zero-order chi connectivity index (χ0) is 14.8. The van der Waals surface area contributed by atoms with E-state index in [-0.39, 0.29) is 12.4 Å². The van der Waals surface area contributed by atoms with Crippen molar-refractivity contribution in [2.75, 3.05) is 25.1 Å². The molecular weight excluding hydrogens is 277 g/mol. The number of anilines is 1. The van der Waals surface area contributed by atoms with Crippen LogP contribution < -0.4 is 10.1 Å². The van der Waals surface area contributed by atoms with Crippen LogP contribution in [0.3, 0.4) is 0 Å². The largest absolute Gasteiger partial charge is 0.489 e. The van der Waals surface area contributed by atoms with Gasteiger partial charge in [-0.15, -0.1) is 0 Å². The second-order valence-corrected chi connectivity index (χ2v) is 4.43. The van der Waals surface area contributed by atoms with E-state index in [0.29, 0.717) is 36.0 Å². The van der Waals surface area contributed by atoms with Crippen LogP contribution in [0, 0.1) is 5.82 Å². The number of ether oxygens (including phenoxy) is 2. The molecule has 0 bridgehead atoms. The lowest BCUT2D eigenvalue weighted by Crippen LogP contribution is -2.20. The number of carbonyl (C=O) groups is 1. The minimum absolute atomic E-state index is 0.286. The Balaban J connectivity index is 2.11. The van der Waals surface area contributed by atoms with E-state index in [9.17, 15) is 9.18 Å². The number of esters is 1. The molecule has 0 saturated heterocycles. The van der Waals surface area contributed by atoms with Crippen molar-refractivity contribution in [2.45, 2.75) is 6.92 Å². The van der Waals surface area contributed by atoms with Crippen LogP contribution in [-0.2, 0) is 4.74 Å². The molecule has 21 heavy (non-hydrogen) atoms. The standard InChI is InChI=1S/C14H14FN3O3/c1-2-20-14(19)10-8-17-18-11-4-3-9(15)7-12(11)21-6-5-16-13(10)18/h3-4,7-8,16H,2,5-6H2,1H3. The van der Waals surface area contributed by atoms with E-state index < -0.39 is 5.97 Å². The normalized spacial score (nSPS) is 13.0. The van der Waals surface area contributed by atoms with E-state index >= 15 is 0 Å². The maximum Gasteiger partial charge on any atom is 0.343 e. The summed E-state index contributed by atoms with van der Waals surface area (Å²) in [7, 11) is 0. The van der Waals surface area contributed by atoms with Crippen molar-refractivity contribution >= 4 is 11.8 Å². The average molecular weight is 291 g/mol. The number of fused-ring (bicyclic) bond motifs is 3. The monoisotopic (exact) mass is 291 g/mol. The smallest absolute Gasteiger partial charge is 0.343 e. The first-order valence-electron chi connectivity index (χ1n) is 6.62. The predicted octanol–water partition coefficient (Wildman–Crippen LogP) is 1.99. The summed E-state index contributed by atoms with van der Waals surface area (Å²) in [5.74, 6) is 0.0684. The summed E-state index contributed by atoms with van der Waals surface area (Å²) in [6, 6.07) is 4.18. The molecule has 0 fully saturated rings. The number of hydrogen-bond donors (Lipinski definition) is 1. The van der Waals surface area contributed by atoms with E-state index in [1.165, 1.54) is 23.0 Å².